The summed E-state index contributed by atoms with van der Waals surface area (Å²) in [6.07, 6.45) is 3.94. The Hall–Kier alpha value is -6.33. The maximum atomic E-state index is 6.34. The van der Waals surface area contributed by atoms with Gasteiger partial charge in [-0.3, -0.25) is 0 Å². The SMILES string of the molecule is C1=C(c2nc(-c3ccc4ccccc4c3)nc(-c3ccccc3-c3cccc4oc5ccccc5c34)n2)c2c(oc3ccccc23)CC1. The molecule has 226 valence electrons. The topological polar surface area (TPSA) is 65.0 Å². The molecule has 0 unspecified atom stereocenters. The van der Waals surface area contributed by atoms with Crippen LogP contribution in [0.3, 0.4) is 0 Å². The first kappa shape index (κ1) is 26.8. The summed E-state index contributed by atoms with van der Waals surface area (Å²) in [4.78, 5) is 15.6. The van der Waals surface area contributed by atoms with Gasteiger partial charge in [0.2, 0.25) is 0 Å². The van der Waals surface area contributed by atoms with E-state index in [1.54, 1.807) is 0 Å². The lowest BCUT2D eigenvalue weighted by Gasteiger charge is -2.16. The highest BCUT2D eigenvalue weighted by molar-refractivity contribution is 6.13. The van der Waals surface area contributed by atoms with Crippen molar-refractivity contribution in [2.24, 2.45) is 0 Å². The second kappa shape index (κ2) is 10.6. The number of para-hydroxylation sites is 2. The second-order valence-electron chi connectivity index (χ2n) is 12.2. The molecule has 0 fully saturated rings. The van der Waals surface area contributed by atoms with Crippen molar-refractivity contribution in [3.8, 4) is 33.9 Å². The molecule has 0 saturated heterocycles. The Morgan fingerprint density at radius 3 is 2.04 bits per heavy atom. The van der Waals surface area contributed by atoms with Crippen LogP contribution in [0.5, 0.6) is 0 Å². The van der Waals surface area contributed by atoms with Crippen molar-refractivity contribution in [2.75, 3.05) is 0 Å². The lowest BCUT2D eigenvalue weighted by atomic mass is 9.93. The molecule has 10 rings (SSSR count). The number of hydrogen-bond donors (Lipinski definition) is 0. The average molecular weight is 618 g/mol. The molecule has 5 heteroatoms. The molecule has 0 saturated carbocycles. The van der Waals surface area contributed by atoms with Crippen LogP contribution < -0.4 is 0 Å². The number of rotatable bonds is 4. The van der Waals surface area contributed by atoms with Gasteiger partial charge in [-0.15, -0.1) is 0 Å². The minimum absolute atomic E-state index is 0.615. The molecular weight excluding hydrogens is 590 g/mol. The van der Waals surface area contributed by atoms with E-state index in [1.165, 1.54) is 5.39 Å². The number of nitrogens with zero attached hydrogens (tertiary/aromatic N) is 3. The predicted octanol–water partition coefficient (Wildman–Crippen LogP) is 11.0. The molecule has 6 aromatic carbocycles. The van der Waals surface area contributed by atoms with E-state index in [9.17, 15) is 0 Å². The van der Waals surface area contributed by atoms with E-state index in [0.717, 1.165) is 90.3 Å². The van der Waals surface area contributed by atoms with Crippen molar-refractivity contribution >= 4 is 49.3 Å². The first-order chi connectivity index (χ1) is 23.8. The zero-order valence-corrected chi connectivity index (χ0v) is 25.9. The predicted molar refractivity (Wildman–Crippen MR) is 193 cm³/mol. The van der Waals surface area contributed by atoms with Gasteiger partial charge in [0, 0.05) is 44.8 Å². The fourth-order valence-electron chi connectivity index (χ4n) is 7.21. The van der Waals surface area contributed by atoms with Crippen molar-refractivity contribution in [3.63, 3.8) is 0 Å². The summed E-state index contributed by atoms with van der Waals surface area (Å²) in [7, 11) is 0. The van der Waals surface area contributed by atoms with E-state index >= 15 is 0 Å². The normalized spacial score (nSPS) is 13.0. The van der Waals surface area contributed by atoms with Crippen LogP contribution in [0, 0.1) is 0 Å². The number of hydrogen-bond acceptors (Lipinski definition) is 5. The highest BCUT2D eigenvalue weighted by atomic mass is 16.3. The van der Waals surface area contributed by atoms with Crippen LogP contribution >= 0.6 is 0 Å². The van der Waals surface area contributed by atoms with E-state index in [2.05, 4.69) is 103 Å². The van der Waals surface area contributed by atoms with Gasteiger partial charge in [-0.2, -0.15) is 0 Å². The Morgan fingerprint density at radius 1 is 0.479 bits per heavy atom. The Morgan fingerprint density at radius 2 is 1.15 bits per heavy atom. The van der Waals surface area contributed by atoms with Crippen LogP contribution in [0.4, 0.5) is 0 Å². The Labute approximate surface area is 275 Å². The summed E-state index contributed by atoms with van der Waals surface area (Å²) >= 11 is 0. The summed E-state index contributed by atoms with van der Waals surface area (Å²) in [5.74, 6) is 2.85. The van der Waals surface area contributed by atoms with Crippen molar-refractivity contribution < 1.29 is 8.83 Å². The van der Waals surface area contributed by atoms with Gasteiger partial charge in [0.1, 0.15) is 22.5 Å². The Bertz CT molecular complexity index is 2750. The molecule has 0 radical (unpaired) electrons. The van der Waals surface area contributed by atoms with Gasteiger partial charge in [-0.05, 0) is 52.6 Å². The van der Waals surface area contributed by atoms with Crippen molar-refractivity contribution in [2.45, 2.75) is 12.8 Å². The van der Waals surface area contributed by atoms with E-state index in [0.29, 0.717) is 17.5 Å². The fraction of sp³-hybridized carbons (Fsp3) is 0.0465. The standard InChI is InChI=1S/C43H27N3O2/c1-2-12-27-25-28(24-23-26(27)11-1)41-44-42(46-43(45-41)34-18-10-22-38-40(34)33-16-6-8-20-36(33)48-38)31-14-4-3-13-29(31)30-17-9-21-37-39(30)32-15-5-7-19-35(32)47-37/h1-9,11-21,23-25H,10,22H2. The maximum Gasteiger partial charge on any atom is 0.164 e. The summed E-state index contributed by atoms with van der Waals surface area (Å²) in [6.45, 7) is 0. The van der Waals surface area contributed by atoms with E-state index in [1.807, 2.05) is 36.4 Å². The van der Waals surface area contributed by atoms with Gasteiger partial charge < -0.3 is 8.83 Å². The van der Waals surface area contributed by atoms with Crippen LogP contribution in [0.25, 0.3) is 83.2 Å². The molecule has 0 amide bonds. The molecule has 0 N–H and O–H groups in total. The van der Waals surface area contributed by atoms with Gasteiger partial charge in [0.05, 0.1) is 0 Å². The smallest absolute Gasteiger partial charge is 0.164 e. The summed E-state index contributed by atoms with van der Waals surface area (Å²) in [5.41, 5.74) is 8.61. The molecular formula is C43H27N3O2. The third-order valence-corrected chi connectivity index (χ3v) is 9.40. The molecule has 0 aliphatic heterocycles. The largest absolute Gasteiger partial charge is 0.460 e. The second-order valence-corrected chi connectivity index (χ2v) is 12.2. The Balaban J connectivity index is 1.23. The first-order valence-corrected chi connectivity index (χ1v) is 16.3. The van der Waals surface area contributed by atoms with Crippen LogP contribution in [-0.4, -0.2) is 15.0 Å². The molecule has 9 aromatic rings. The van der Waals surface area contributed by atoms with E-state index < -0.39 is 0 Å². The van der Waals surface area contributed by atoms with Crippen LogP contribution in [0.15, 0.2) is 148 Å². The zero-order valence-electron chi connectivity index (χ0n) is 25.9. The number of benzene rings is 6. The number of furan rings is 2. The third-order valence-electron chi connectivity index (χ3n) is 9.40. The average Bonchev–Trinajstić information content (AvgIpc) is 3.73. The molecule has 3 heterocycles. The minimum atomic E-state index is 0.615. The van der Waals surface area contributed by atoms with Gasteiger partial charge >= 0.3 is 0 Å². The lowest BCUT2D eigenvalue weighted by Crippen LogP contribution is -2.07. The fourth-order valence-corrected chi connectivity index (χ4v) is 7.21. The van der Waals surface area contributed by atoms with Crippen molar-refractivity contribution in [1.29, 1.82) is 0 Å². The minimum Gasteiger partial charge on any atom is -0.460 e. The summed E-state index contributed by atoms with van der Waals surface area (Å²) in [5, 5.41) is 5.54. The van der Waals surface area contributed by atoms with Crippen molar-refractivity contribution in [1.82, 2.24) is 15.0 Å². The van der Waals surface area contributed by atoms with Crippen LogP contribution in [0.1, 0.15) is 23.6 Å². The zero-order chi connectivity index (χ0) is 31.6. The molecule has 3 aromatic heterocycles. The number of aromatic nitrogens is 3. The van der Waals surface area contributed by atoms with Crippen molar-refractivity contribution in [3.05, 3.63) is 157 Å². The maximum absolute atomic E-state index is 6.34. The molecule has 1 aliphatic rings. The molecule has 5 nitrogen and oxygen atoms in total. The molecule has 0 atom stereocenters. The van der Waals surface area contributed by atoms with E-state index in [4.69, 9.17) is 23.8 Å². The first-order valence-electron chi connectivity index (χ1n) is 16.3. The van der Waals surface area contributed by atoms with E-state index in [-0.39, 0.29) is 0 Å². The van der Waals surface area contributed by atoms with Gasteiger partial charge in [-0.1, -0.05) is 115 Å². The highest BCUT2D eigenvalue weighted by Gasteiger charge is 2.26. The monoisotopic (exact) mass is 617 g/mol. The molecule has 0 spiro atoms. The quantitative estimate of drug-likeness (QED) is 0.197. The number of fused-ring (bicyclic) bond motifs is 7. The Kier molecular flexibility index (Phi) is 5.93. The van der Waals surface area contributed by atoms with Gasteiger partial charge in [-0.25, -0.2) is 15.0 Å². The van der Waals surface area contributed by atoms with Crippen LogP contribution in [0.2, 0.25) is 0 Å². The molecule has 48 heavy (non-hydrogen) atoms. The van der Waals surface area contributed by atoms with Gasteiger partial charge in [0.25, 0.3) is 0 Å². The summed E-state index contributed by atoms with van der Waals surface area (Å²) in [6, 6.07) is 45.8. The summed E-state index contributed by atoms with van der Waals surface area (Å²) < 4.78 is 12.6. The third kappa shape index (κ3) is 4.21. The number of allylic oxidation sites excluding steroid dienone is 1. The number of aryl methyl sites for hydroxylation is 1. The van der Waals surface area contributed by atoms with Crippen LogP contribution in [-0.2, 0) is 6.42 Å². The molecule has 0 bridgehead atoms. The lowest BCUT2D eigenvalue weighted by molar-refractivity contribution is 0.545. The van der Waals surface area contributed by atoms with Gasteiger partial charge in [0.15, 0.2) is 17.5 Å². The molecule has 1 aliphatic carbocycles. The highest BCUT2D eigenvalue weighted by Crippen LogP contribution is 2.42.